The SMILES string of the molecule is C=C(CN1CCCCC1)C(=O)N1CCCCC(n2c(NC(=O)c3ccnnc3)nc3cccc(C)c32)C1. The number of carbonyl (C=O) groups excluding carboxylic acids is 2. The van der Waals surface area contributed by atoms with Crippen molar-refractivity contribution in [2.75, 3.05) is 38.0 Å². The van der Waals surface area contributed by atoms with E-state index >= 15 is 0 Å². The molecule has 1 atom stereocenters. The molecule has 37 heavy (non-hydrogen) atoms. The number of hydrogen-bond donors (Lipinski definition) is 1. The van der Waals surface area contributed by atoms with Crippen LogP contribution in [0, 0.1) is 6.92 Å². The number of piperidine rings is 1. The summed E-state index contributed by atoms with van der Waals surface area (Å²) in [4.78, 5) is 35.6. The minimum Gasteiger partial charge on any atom is -0.337 e. The molecule has 9 heteroatoms. The zero-order valence-corrected chi connectivity index (χ0v) is 21.5. The Hall–Kier alpha value is -3.59. The Morgan fingerprint density at radius 3 is 2.65 bits per heavy atom. The van der Waals surface area contributed by atoms with Crippen LogP contribution < -0.4 is 5.32 Å². The number of fused-ring (bicyclic) bond motifs is 1. The van der Waals surface area contributed by atoms with Gasteiger partial charge in [0.05, 0.1) is 35.0 Å². The van der Waals surface area contributed by atoms with E-state index in [9.17, 15) is 9.59 Å². The highest BCUT2D eigenvalue weighted by Gasteiger charge is 2.29. The first-order valence-corrected chi connectivity index (χ1v) is 13.3. The predicted octanol–water partition coefficient (Wildman–Crippen LogP) is 3.98. The monoisotopic (exact) mass is 501 g/mol. The average Bonchev–Trinajstić information content (AvgIpc) is 3.11. The Morgan fingerprint density at radius 2 is 1.86 bits per heavy atom. The summed E-state index contributed by atoms with van der Waals surface area (Å²) in [6.07, 6.45) is 9.38. The summed E-state index contributed by atoms with van der Waals surface area (Å²) in [6.45, 7) is 10.2. The number of likely N-dealkylation sites (tertiary alicyclic amines) is 2. The van der Waals surface area contributed by atoms with Crippen LogP contribution in [0.15, 0.2) is 48.8 Å². The predicted molar refractivity (Wildman–Crippen MR) is 143 cm³/mol. The maximum Gasteiger partial charge on any atom is 0.259 e. The van der Waals surface area contributed by atoms with Gasteiger partial charge in [0, 0.05) is 25.2 Å². The van der Waals surface area contributed by atoms with Gasteiger partial charge in [-0.25, -0.2) is 4.98 Å². The summed E-state index contributed by atoms with van der Waals surface area (Å²) in [6, 6.07) is 7.59. The van der Waals surface area contributed by atoms with Crippen LogP contribution >= 0.6 is 0 Å². The number of aryl methyl sites for hydroxylation is 1. The molecule has 0 spiro atoms. The minimum absolute atomic E-state index is 0.0220. The molecule has 1 aromatic carbocycles. The van der Waals surface area contributed by atoms with Crippen LogP contribution in [0.25, 0.3) is 11.0 Å². The molecule has 9 nitrogen and oxygen atoms in total. The number of rotatable bonds is 6. The largest absolute Gasteiger partial charge is 0.337 e. The summed E-state index contributed by atoms with van der Waals surface area (Å²) >= 11 is 0. The second-order valence-electron chi connectivity index (χ2n) is 10.2. The van der Waals surface area contributed by atoms with Crippen LogP contribution in [-0.4, -0.2) is 74.1 Å². The van der Waals surface area contributed by atoms with Gasteiger partial charge >= 0.3 is 0 Å². The number of hydrogen-bond acceptors (Lipinski definition) is 6. The lowest BCUT2D eigenvalue weighted by Gasteiger charge is -2.30. The van der Waals surface area contributed by atoms with E-state index in [0.29, 0.717) is 36.7 Å². The number of anilines is 1. The normalized spacial score (nSPS) is 18.9. The number of imidazole rings is 1. The van der Waals surface area contributed by atoms with Crippen molar-refractivity contribution < 1.29 is 9.59 Å². The van der Waals surface area contributed by atoms with Crippen LogP contribution in [0.1, 0.15) is 60.5 Å². The molecule has 2 amide bonds. The molecule has 2 saturated heterocycles. The van der Waals surface area contributed by atoms with Crippen molar-refractivity contribution in [1.29, 1.82) is 0 Å². The van der Waals surface area contributed by atoms with Crippen LogP contribution in [0.2, 0.25) is 0 Å². The fraction of sp³-hybridized carbons (Fsp3) is 0.464. The lowest BCUT2D eigenvalue weighted by atomic mass is 10.1. The molecule has 0 aliphatic carbocycles. The van der Waals surface area contributed by atoms with Crippen LogP contribution in [0.3, 0.4) is 0 Å². The Kier molecular flexibility index (Phi) is 7.60. The zero-order valence-electron chi connectivity index (χ0n) is 21.5. The first-order chi connectivity index (χ1) is 18.0. The smallest absolute Gasteiger partial charge is 0.259 e. The third kappa shape index (κ3) is 5.56. The van der Waals surface area contributed by atoms with E-state index in [1.807, 2.05) is 17.0 Å². The van der Waals surface area contributed by atoms with Gasteiger partial charge in [0.25, 0.3) is 11.8 Å². The summed E-state index contributed by atoms with van der Waals surface area (Å²) in [5, 5.41) is 10.6. The van der Waals surface area contributed by atoms with E-state index in [0.717, 1.165) is 48.9 Å². The Balaban J connectivity index is 1.42. The molecule has 3 aromatic rings. The highest BCUT2D eigenvalue weighted by atomic mass is 16.2. The molecule has 4 heterocycles. The summed E-state index contributed by atoms with van der Waals surface area (Å²) < 4.78 is 2.12. The van der Waals surface area contributed by atoms with E-state index in [1.54, 1.807) is 6.07 Å². The highest BCUT2D eigenvalue weighted by Crippen LogP contribution is 2.32. The van der Waals surface area contributed by atoms with Crippen LogP contribution in [-0.2, 0) is 4.79 Å². The minimum atomic E-state index is -0.291. The molecule has 1 N–H and O–H groups in total. The fourth-order valence-corrected chi connectivity index (χ4v) is 5.56. The lowest BCUT2D eigenvalue weighted by Crippen LogP contribution is -2.40. The lowest BCUT2D eigenvalue weighted by molar-refractivity contribution is -0.127. The average molecular weight is 502 g/mol. The second-order valence-corrected chi connectivity index (χ2v) is 10.2. The number of carbonyl (C=O) groups is 2. The van der Waals surface area contributed by atoms with E-state index in [1.165, 1.54) is 31.7 Å². The fourth-order valence-electron chi connectivity index (χ4n) is 5.56. The summed E-state index contributed by atoms with van der Waals surface area (Å²) in [5.41, 5.74) is 3.95. The third-order valence-electron chi connectivity index (χ3n) is 7.45. The Bertz CT molecular complexity index is 1280. The van der Waals surface area contributed by atoms with Gasteiger partial charge in [0.1, 0.15) is 0 Å². The van der Waals surface area contributed by atoms with Crippen molar-refractivity contribution in [3.05, 3.63) is 59.9 Å². The first kappa shape index (κ1) is 25.1. The highest BCUT2D eigenvalue weighted by molar-refractivity contribution is 6.04. The standard InChI is InChI=1S/C28H35N7O2/c1-20-9-8-11-24-25(20)35(28(31-24)32-26(36)22-12-13-29-30-17-22)23-10-4-7-16-34(19-23)27(37)21(2)18-33-14-5-3-6-15-33/h8-9,11-13,17,23H,2-7,10,14-16,18-19H2,1H3,(H,31,32,36). The van der Waals surface area contributed by atoms with Gasteiger partial charge < -0.3 is 9.47 Å². The molecule has 0 radical (unpaired) electrons. The molecule has 0 bridgehead atoms. The van der Waals surface area contributed by atoms with Crippen molar-refractivity contribution in [1.82, 2.24) is 29.5 Å². The van der Waals surface area contributed by atoms with E-state index < -0.39 is 0 Å². The van der Waals surface area contributed by atoms with Crippen LogP contribution in [0.4, 0.5) is 5.95 Å². The molecular formula is C28H35N7O2. The van der Waals surface area contributed by atoms with E-state index in [-0.39, 0.29) is 17.9 Å². The first-order valence-electron chi connectivity index (χ1n) is 13.3. The molecule has 2 aromatic heterocycles. The molecule has 2 fully saturated rings. The summed E-state index contributed by atoms with van der Waals surface area (Å²) in [5.74, 6) is 0.227. The van der Waals surface area contributed by atoms with Crippen molar-refractivity contribution >= 4 is 28.8 Å². The van der Waals surface area contributed by atoms with Gasteiger partial charge in [-0.05, 0) is 69.8 Å². The van der Waals surface area contributed by atoms with Crippen molar-refractivity contribution in [3.8, 4) is 0 Å². The second kappa shape index (κ2) is 11.2. The van der Waals surface area contributed by atoms with Gasteiger partial charge in [0.2, 0.25) is 5.95 Å². The quantitative estimate of drug-likeness (QED) is 0.513. The number of aromatic nitrogens is 4. The summed E-state index contributed by atoms with van der Waals surface area (Å²) in [7, 11) is 0. The molecule has 2 aliphatic rings. The van der Waals surface area contributed by atoms with Crippen molar-refractivity contribution in [2.45, 2.75) is 51.5 Å². The number of nitrogens with one attached hydrogen (secondary N) is 1. The molecule has 194 valence electrons. The molecule has 0 saturated carbocycles. The number of amides is 2. The van der Waals surface area contributed by atoms with Gasteiger partial charge in [0.15, 0.2) is 0 Å². The molecule has 2 aliphatic heterocycles. The third-order valence-corrected chi connectivity index (χ3v) is 7.45. The Morgan fingerprint density at radius 1 is 1.05 bits per heavy atom. The van der Waals surface area contributed by atoms with Crippen molar-refractivity contribution in [3.63, 3.8) is 0 Å². The topological polar surface area (TPSA) is 96.2 Å². The maximum atomic E-state index is 13.5. The van der Waals surface area contributed by atoms with Gasteiger partial charge in [-0.3, -0.25) is 19.8 Å². The molecular weight excluding hydrogens is 466 g/mol. The number of benzene rings is 1. The van der Waals surface area contributed by atoms with Gasteiger partial charge in [-0.15, -0.1) is 0 Å². The van der Waals surface area contributed by atoms with Gasteiger partial charge in [-0.2, -0.15) is 10.2 Å². The molecule has 1 unspecified atom stereocenters. The Labute approximate surface area is 217 Å². The van der Waals surface area contributed by atoms with E-state index in [2.05, 4.69) is 44.6 Å². The van der Waals surface area contributed by atoms with E-state index in [4.69, 9.17) is 4.98 Å². The maximum absolute atomic E-state index is 13.5. The zero-order chi connectivity index (χ0) is 25.8. The number of nitrogens with zero attached hydrogens (tertiary/aromatic N) is 6. The van der Waals surface area contributed by atoms with Gasteiger partial charge in [-0.1, -0.05) is 25.1 Å². The number of para-hydroxylation sites is 1. The van der Waals surface area contributed by atoms with Crippen LogP contribution in [0.5, 0.6) is 0 Å². The van der Waals surface area contributed by atoms with Crippen molar-refractivity contribution in [2.24, 2.45) is 0 Å². The molecule has 5 rings (SSSR count).